The first kappa shape index (κ1) is 22.3. The molecule has 162 valence electrons. The van der Waals surface area contributed by atoms with E-state index in [9.17, 15) is 5.11 Å². The fourth-order valence-electron chi connectivity index (χ4n) is 4.16. The number of aromatic hydroxyl groups is 1. The van der Waals surface area contributed by atoms with E-state index in [0.717, 1.165) is 42.3 Å². The van der Waals surface area contributed by atoms with Crippen LogP contribution < -0.4 is 0 Å². The summed E-state index contributed by atoms with van der Waals surface area (Å²) in [5, 5.41) is 20.7. The maximum absolute atomic E-state index is 11.4. The topological polar surface area (TPSA) is 50.9 Å². The van der Waals surface area contributed by atoms with Gasteiger partial charge in [-0.3, -0.25) is 0 Å². The second-order valence-electron chi connectivity index (χ2n) is 9.84. The number of unbranched alkanes of at least 4 members (excludes halogenated alkanes) is 2. The van der Waals surface area contributed by atoms with Gasteiger partial charge < -0.3 is 5.11 Å². The van der Waals surface area contributed by atoms with Crippen LogP contribution in [0, 0.1) is 0 Å². The first-order valence-corrected chi connectivity index (χ1v) is 11.4. The molecule has 3 rings (SSSR count). The van der Waals surface area contributed by atoms with Gasteiger partial charge in [0.1, 0.15) is 22.5 Å². The van der Waals surface area contributed by atoms with Crippen molar-refractivity contribution >= 4 is 11.0 Å². The number of phenolic OH excluding ortho intramolecular Hbond substituents is 1. The molecule has 1 N–H and O–H groups in total. The van der Waals surface area contributed by atoms with Crippen LogP contribution in [0.2, 0.25) is 0 Å². The average Bonchev–Trinajstić information content (AvgIpc) is 3.14. The zero-order valence-electron chi connectivity index (χ0n) is 19.5. The van der Waals surface area contributed by atoms with E-state index >= 15 is 0 Å². The third-order valence-electron chi connectivity index (χ3n) is 6.41. The van der Waals surface area contributed by atoms with E-state index < -0.39 is 0 Å². The van der Waals surface area contributed by atoms with Crippen molar-refractivity contribution in [2.75, 3.05) is 0 Å². The first-order valence-electron chi connectivity index (χ1n) is 11.4. The van der Waals surface area contributed by atoms with E-state index in [1.165, 1.54) is 18.4 Å². The minimum absolute atomic E-state index is 0.0145. The summed E-state index contributed by atoms with van der Waals surface area (Å²) in [6.07, 6.45) is 6.78. The van der Waals surface area contributed by atoms with Crippen LogP contribution in [0.25, 0.3) is 16.7 Å². The summed E-state index contributed by atoms with van der Waals surface area (Å²) in [5.74, 6) is 0.298. The van der Waals surface area contributed by atoms with Crippen molar-refractivity contribution in [3.05, 3.63) is 47.5 Å². The minimum atomic E-state index is -0.127. The van der Waals surface area contributed by atoms with Crippen molar-refractivity contribution in [1.29, 1.82) is 0 Å². The summed E-state index contributed by atoms with van der Waals surface area (Å²) >= 11 is 0. The van der Waals surface area contributed by atoms with Crippen molar-refractivity contribution in [1.82, 2.24) is 15.0 Å². The van der Waals surface area contributed by atoms with Gasteiger partial charge in [0.25, 0.3) is 0 Å². The molecule has 0 unspecified atom stereocenters. The van der Waals surface area contributed by atoms with Gasteiger partial charge in [0, 0.05) is 5.56 Å². The Labute approximate surface area is 181 Å². The molecule has 4 nitrogen and oxygen atoms in total. The molecule has 0 fully saturated rings. The Morgan fingerprint density at radius 3 is 1.90 bits per heavy atom. The molecule has 0 spiro atoms. The molecular weight excluding hydrogens is 370 g/mol. The molecule has 30 heavy (non-hydrogen) atoms. The van der Waals surface area contributed by atoms with E-state index in [1.807, 2.05) is 24.3 Å². The Balaban J connectivity index is 2.19. The highest BCUT2D eigenvalue weighted by molar-refractivity contribution is 5.73. The Morgan fingerprint density at radius 2 is 1.37 bits per heavy atom. The maximum atomic E-state index is 11.4. The molecule has 0 bridgehead atoms. The Kier molecular flexibility index (Phi) is 6.54. The van der Waals surface area contributed by atoms with Crippen LogP contribution in [-0.4, -0.2) is 20.1 Å². The van der Waals surface area contributed by atoms with E-state index in [0.29, 0.717) is 11.4 Å². The molecule has 0 radical (unpaired) electrons. The van der Waals surface area contributed by atoms with Gasteiger partial charge in [0.2, 0.25) is 0 Å². The van der Waals surface area contributed by atoms with Crippen molar-refractivity contribution in [3.8, 4) is 11.4 Å². The second kappa shape index (κ2) is 8.79. The lowest BCUT2D eigenvalue weighted by atomic mass is 9.74. The molecule has 0 saturated heterocycles. The van der Waals surface area contributed by atoms with Crippen LogP contribution >= 0.6 is 0 Å². The zero-order chi connectivity index (χ0) is 21.9. The Bertz CT molecular complexity index is 968. The molecule has 3 aromatic rings. The van der Waals surface area contributed by atoms with Gasteiger partial charge in [-0.2, -0.15) is 0 Å². The fourth-order valence-corrected chi connectivity index (χ4v) is 4.16. The smallest absolute Gasteiger partial charge is 0.146 e. The molecular formula is C26H37N3O. The number of hydrogen-bond donors (Lipinski definition) is 1. The second-order valence-corrected chi connectivity index (χ2v) is 9.84. The number of nitrogens with zero attached hydrogens (tertiary/aromatic N) is 3. The zero-order valence-corrected chi connectivity index (χ0v) is 19.5. The van der Waals surface area contributed by atoms with E-state index in [-0.39, 0.29) is 10.8 Å². The summed E-state index contributed by atoms with van der Waals surface area (Å²) < 4.78 is 0. The molecule has 1 aromatic heterocycles. The first-order chi connectivity index (χ1) is 14.2. The van der Waals surface area contributed by atoms with Crippen molar-refractivity contribution in [2.24, 2.45) is 0 Å². The number of hydrogen-bond acceptors (Lipinski definition) is 3. The van der Waals surface area contributed by atoms with E-state index in [2.05, 4.69) is 63.9 Å². The quantitative estimate of drug-likeness (QED) is 0.413. The lowest BCUT2D eigenvalue weighted by molar-refractivity contribution is 0.402. The lowest BCUT2D eigenvalue weighted by Crippen LogP contribution is -2.22. The predicted octanol–water partition coefficient (Wildman–Crippen LogP) is 7.06. The van der Waals surface area contributed by atoms with Crippen LogP contribution in [0.3, 0.4) is 0 Å². The van der Waals surface area contributed by atoms with Gasteiger partial charge in [-0.05, 0) is 47.4 Å². The standard InChI is InChI=1S/C26H37N3O/c1-7-9-15-25(3,4)19-17-20(26(5,6)16-10-8-2)24(30)23(18-19)29-27-21-13-11-12-14-22(21)28-29/h11-14,17-18,30H,7-10,15-16H2,1-6H3. The third-order valence-corrected chi connectivity index (χ3v) is 6.41. The molecule has 0 amide bonds. The molecule has 2 aromatic carbocycles. The molecule has 0 atom stereocenters. The van der Waals surface area contributed by atoms with Crippen LogP contribution in [0.5, 0.6) is 5.75 Å². The fraction of sp³-hybridized carbons (Fsp3) is 0.538. The van der Waals surface area contributed by atoms with Gasteiger partial charge in [-0.1, -0.05) is 85.4 Å². The summed E-state index contributed by atoms with van der Waals surface area (Å²) in [5.41, 5.74) is 4.46. The SMILES string of the molecule is CCCCC(C)(C)c1cc(-n2nc3ccccc3n2)c(O)c(C(C)(C)CCCC)c1. The highest BCUT2D eigenvalue weighted by Gasteiger charge is 2.30. The van der Waals surface area contributed by atoms with Gasteiger partial charge in [-0.15, -0.1) is 15.0 Å². The van der Waals surface area contributed by atoms with Crippen LogP contribution in [0.1, 0.15) is 91.2 Å². The number of rotatable bonds is 9. The van der Waals surface area contributed by atoms with Gasteiger partial charge in [0.15, 0.2) is 0 Å². The van der Waals surface area contributed by atoms with Gasteiger partial charge in [0.05, 0.1) is 0 Å². The van der Waals surface area contributed by atoms with Gasteiger partial charge >= 0.3 is 0 Å². The molecule has 1 heterocycles. The third kappa shape index (κ3) is 4.53. The average molecular weight is 408 g/mol. The van der Waals surface area contributed by atoms with E-state index in [4.69, 9.17) is 0 Å². The monoisotopic (exact) mass is 407 g/mol. The highest BCUT2D eigenvalue weighted by atomic mass is 16.3. The van der Waals surface area contributed by atoms with Crippen molar-refractivity contribution in [2.45, 2.75) is 90.9 Å². The Hall–Kier alpha value is -2.36. The largest absolute Gasteiger partial charge is 0.505 e. The Morgan fingerprint density at radius 1 is 0.833 bits per heavy atom. The lowest BCUT2D eigenvalue weighted by Gasteiger charge is -2.31. The van der Waals surface area contributed by atoms with Crippen LogP contribution in [-0.2, 0) is 10.8 Å². The van der Waals surface area contributed by atoms with Crippen molar-refractivity contribution < 1.29 is 5.11 Å². The predicted molar refractivity (Wildman–Crippen MR) is 126 cm³/mol. The number of aromatic nitrogens is 3. The highest BCUT2D eigenvalue weighted by Crippen LogP contribution is 2.42. The molecule has 0 aliphatic carbocycles. The van der Waals surface area contributed by atoms with Crippen LogP contribution in [0.4, 0.5) is 0 Å². The van der Waals surface area contributed by atoms with Gasteiger partial charge in [-0.25, -0.2) is 0 Å². The summed E-state index contributed by atoms with van der Waals surface area (Å²) in [7, 11) is 0. The number of phenols is 1. The molecule has 0 aliphatic rings. The van der Waals surface area contributed by atoms with Crippen LogP contribution in [0.15, 0.2) is 36.4 Å². The minimum Gasteiger partial charge on any atom is -0.505 e. The molecule has 0 aliphatic heterocycles. The molecule has 4 heteroatoms. The van der Waals surface area contributed by atoms with E-state index in [1.54, 1.807) is 4.80 Å². The normalized spacial score (nSPS) is 12.6. The summed E-state index contributed by atoms with van der Waals surface area (Å²) in [6.45, 7) is 13.5. The number of fused-ring (bicyclic) bond motifs is 1. The molecule has 0 saturated carbocycles. The van der Waals surface area contributed by atoms with Crippen molar-refractivity contribution in [3.63, 3.8) is 0 Å². The number of benzene rings is 2. The maximum Gasteiger partial charge on any atom is 0.146 e. The summed E-state index contributed by atoms with van der Waals surface area (Å²) in [4.78, 5) is 1.61. The summed E-state index contributed by atoms with van der Waals surface area (Å²) in [6, 6.07) is 12.2.